The Labute approximate surface area is 162 Å². The van der Waals surface area contributed by atoms with Crippen LogP contribution in [0.25, 0.3) is 0 Å². The van der Waals surface area contributed by atoms with Crippen molar-refractivity contribution in [2.24, 2.45) is 0 Å². The molecule has 1 N–H and O–H groups in total. The first-order valence-electron chi connectivity index (χ1n) is 9.99. The molecule has 0 saturated carbocycles. The molecule has 4 nitrogen and oxygen atoms in total. The fraction of sp³-hybridized carbons (Fsp3) is 0.435. The molecule has 2 aromatic rings. The maximum atomic E-state index is 12.8. The minimum atomic E-state index is -0.0713. The van der Waals surface area contributed by atoms with Gasteiger partial charge in [-0.25, -0.2) is 0 Å². The van der Waals surface area contributed by atoms with Gasteiger partial charge in [-0.15, -0.1) is 0 Å². The number of carbonyl (C=O) groups excluding carboxylic acids is 1. The highest BCUT2D eigenvalue weighted by molar-refractivity contribution is 5.96. The lowest BCUT2D eigenvalue weighted by atomic mass is 10.0. The second-order valence-electron chi connectivity index (χ2n) is 7.22. The van der Waals surface area contributed by atoms with Crippen LogP contribution in [0.5, 0.6) is 5.75 Å². The number of hydrogen-bond acceptors (Lipinski definition) is 3. The molecule has 0 spiro atoms. The van der Waals surface area contributed by atoms with Gasteiger partial charge in [-0.2, -0.15) is 0 Å². The van der Waals surface area contributed by atoms with Gasteiger partial charge in [0.05, 0.1) is 18.2 Å². The first kappa shape index (κ1) is 19.4. The fourth-order valence-corrected chi connectivity index (χ4v) is 3.58. The number of nitrogens with one attached hydrogen (secondary N) is 1. The van der Waals surface area contributed by atoms with Gasteiger partial charge in [0.2, 0.25) is 0 Å². The van der Waals surface area contributed by atoms with E-state index in [-0.39, 0.29) is 11.9 Å². The van der Waals surface area contributed by atoms with E-state index < -0.39 is 0 Å². The molecule has 0 radical (unpaired) electrons. The number of likely N-dealkylation sites (tertiary alicyclic amines) is 1. The van der Waals surface area contributed by atoms with Crippen LogP contribution >= 0.6 is 0 Å². The van der Waals surface area contributed by atoms with Crippen molar-refractivity contribution in [2.45, 2.75) is 39.2 Å². The Morgan fingerprint density at radius 3 is 2.52 bits per heavy atom. The summed E-state index contributed by atoms with van der Waals surface area (Å²) >= 11 is 0. The van der Waals surface area contributed by atoms with Crippen LogP contribution in [0.2, 0.25) is 0 Å². The number of hydrogen-bond donors (Lipinski definition) is 1. The van der Waals surface area contributed by atoms with Gasteiger partial charge >= 0.3 is 0 Å². The van der Waals surface area contributed by atoms with Crippen molar-refractivity contribution in [2.75, 3.05) is 26.2 Å². The summed E-state index contributed by atoms with van der Waals surface area (Å²) in [7, 11) is 0. The van der Waals surface area contributed by atoms with Crippen molar-refractivity contribution in [3.63, 3.8) is 0 Å². The van der Waals surface area contributed by atoms with E-state index in [0.717, 1.165) is 19.5 Å². The van der Waals surface area contributed by atoms with E-state index in [2.05, 4.69) is 48.3 Å². The molecule has 1 amide bonds. The third-order valence-corrected chi connectivity index (χ3v) is 5.09. The van der Waals surface area contributed by atoms with Crippen molar-refractivity contribution in [3.05, 3.63) is 65.2 Å². The predicted molar refractivity (Wildman–Crippen MR) is 109 cm³/mol. The molecule has 1 heterocycles. The molecule has 144 valence electrons. The summed E-state index contributed by atoms with van der Waals surface area (Å²) in [4.78, 5) is 15.3. The fourth-order valence-electron chi connectivity index (χ4n) is 3.58. The average Bonchev–Trinajstić information content (AvgIpc) is 3.22. The third kappa shape index (κ3) is 5.10. The molecule has 27 heavy (non-hydrogen) atoms. The Balaban J connectivity index is 1.71. The van der Waals surface area contributed by atoms with Crippen molar-refractivity contribution in [1.29, 1.82) is 0 Å². The largest absolute Gasteiger partial charge is 0.493 e. The molecule has 0 unspecified atom stereocenters. The minimum Gasteiger partial charge on any atom is -0.493 e. The highest BCUT2D eigenvalue weighted by atomic mass is 16.5. The number of amides is 1. The number of aryl methyl sites for hydroxylation is 1. The van der Waals surface area contributed by atoms with Gasteiger partial charge < -0.3 is 10.1 Å². The summed E-state index contributed by atoms with van der Waals surface area (Å²) in [6, 6.07) is 16.3. The van der Waals surface area contributed by atoms with E-state index in [1.165, 1.54) is 24.0 Å². The zero-order valence-corrected chi connectivity index (χ0v) is 16.4. The predicted octanol–water partition coefficient (Wildman–Crippen LogP) is 4.35. The number of benzene rings is 2. The maximum absolute atomic E-state index is 12.8. The second kappa shape index (κ2) is 9.56. The molecule has 0 bridgehead atoms. The molecule has 4 heteroatoms. The third-order valence-electron chi connectivity index (χ3n) is 5.09. The Bertz CT molecular complexity index is 736. The van der Waals surface area contributed by atoms with Crippen LogP contribution in [-0.2, 0) is 0 Å². The Kier molecular flexibility index (Phi) is 6.88. The summed E-state index contributed by atoms with van der Waals surface area (Å²) in [5.74, 6) is 0.586. The minimum absolute atomic E-state index is 0.0713. The lowest BCUT2D eigenvalue weighted by Crippen LogP contribution is -2.37. The molecular formula is C23H30N2O2. The van der Waals surface area contributed by atoms with E-state index in [4.69, 9.17) is 4.74 Å². The van der Waals surface area contributed by atoms with Gasteiger partial charge in [-0.1, -0.05) is 48.9 Å². The summed E-state index contributed by atoms with van der Waals surface area (Å²) in [5, 5.41) is 3.15. The molecular weight excluding hydrogens is 336 g/mol. The van der Waals surface area contributed by atoms with Gasteiger partial charge in [0, 0.05) is 6.54 Å². The highest BCUT2D eigenvalue weighted by Gasteiger charge is 2.24. The molecule has 1 saturated heterocycles. The van der Waals surface area contributed by atoms with Crippen LogP contribution in [0.3, 0.4) is 0 Å². The molecule has 1 aliphatic heterocycles. The van der Waals surface area contributed by atoms with Crippen LogP contribution in [0, 0.1) is 6.92 Å². The van der Waals surface area contributed by atoms with Crippen LogP contribution in [0.4, 0.5) is 0 Å². The van der Waals surface area contributed by atoms with Crippen molar-refractivity contribution >= 4 is 5.91 Å². The van der Waals surface area contributed by atoms with E-state index in [1.54, 1.807) is 0 Å². The average molecular weight is 367 g/mol. The quantitative estimate of drug-likeness (QED) is 0.755. The second-order valence-corrected chi connectivity index (χ2v) is 7.22. The summed E-state index contributed by atoms with van der Waals surface area (Å²) in [6.07, 6.45) is 3.37. The van der Waals surface area contributed by atoms with Crippen molar-refractivity contribution in [1.82, 2.24) is 10.2 Å². The first-order chi connectivity index (χ1) is 13.2. The monoisotopic (exact) mass is 366 g/mol. The van der Waals surface area contributed by atoms with Gasteiger partial charge in [0.15, 0.2) is 0 Å². The first-order valence-corrected chi connectivity index (χ1v) is 9.99. The number of ether oxygens (including phenoxy) is 1. The van der Waals surface area contributed by atoms with Gasteiger partial charge in [-0.05, 0) is 57.0 Å². The van der Waals surface area contributed by atoms with E-state index in [9.17, 15) is 4.79 Å². The molecule has 2 aromatic carbocycles. The summed E-state index contributed by atoms with van der Waals surface area (Å²) in [6.45, 7) is 7.55. The normalized spacial score (nSPS) is 15.5. The SMILES string of the molecule is CCCOc1ccccc1C(=O)NC[C@@H](c1ccc(C)cc1)N1CCCC1. The van der Waals surface area contributed by atoms with Gasteiger partial charge in [0.25, 0.3) is 5.91 Å². The maximum Gasteiger partial charge on any atom is 0.255 e. The zero-order chi connectivity index (χ0) is 19.1. The lowest BCUT2D eigenvalue weighted by Gasteiger charge is -2.28. The zero-order valence-electron chi connectivity index (χ0n) is 16.4. The number of rotatable bonds is 8. The molecule has 1 atom stereocenters. The Morgan fingerprint density at radius 2 is 1.81 bits per heavy atom. The molecule has 3 rings (SSSR count). The van der Waals surface area contributed by atoms with Crippen LogP contribution in [0.1, 0.15) is 53.7 Å². The smallest absolute Gasteiger partial charge is 0.255 e. The number of nitrogens with zero attached hydrogens (tertiary/aromatic N) is 1. The topological polar surface area (TPSA) is 41.6 Å². The van der Waals surface area contributed by atoms with E-state index in [1.807, 2.05) is 24.3 Å². The number of para-hydroxylation sites is 1. The van der Waals surface area contributed by atoms with Gasteiger partial charge in [-0.3, -0.25) is 9.69 Å². The van der Waals surface area contributed by atoms with Gasteiger partial charge in [0.1, 0.15) is 5.75 Å². The molecule has 1 fully saturated rings. The highest BCUT2D eigenvalue weighted by Crippen LogP contribution is 2.25. The van der Waals surface area contributed by atoms with Crippen molar-refractivity contribution < 1.29 is 9.53 Å². The van der Waals surface area contributed by atoms with Crippen LogP contribution in [-0.4, -0.2) is 37.0 Å². The van der Waals surface area contributed by atoms with E-state index in [0.29, 0.717) is 24.5 Å². The Hall–Kier alpha value is -2.33. The van der Waals surface area contributed by atoms with Crippen molar-refractivity contribution in [3.8, 4) is 5.75 Å². The summed E-state index contributed by atoms with van der Waals surface area (Å²) in [5.41, 5.74) is 3.12. The molecule has 1 aliphatic rings. The number of carbonyl (C=O) groups is 1. The Morgan fingerprint density at radius 1 is 1.11 bits per heavy atom. The van der Waals surface area contributed by atoms with E-state index >= 15 is 0 Å². The molecule has 0 aliphatic carbocycles. The molecule has 0 aromatic heterocycles. The van der Waals surface area contributed by atoms with Crippen LogP contribution in [0.15, 0.2) is 48.5 Å². The standard InChI is InChI=1S/C23H30N2O2/c1-3-16-27-22-9-5-4-8-20(22)23(26)24-17-21(25-14-6-7-15-25)19-12-10-18(2)11-13-19/h4-5,8-13,21H,3,6-7,14-17H2,1-2H3,(H,24,26)/t21-/m0/s1. The van der Waals surface area contributed by atoms with Crippen LogP contribution < -0.4 is 10.1 Å². The summed E-state index contributed by atoms with van der Waals surface area (Å²) < 4.78 is 5.74. The lowest BCUT2D eigenvalue weighted by molar-refractivity contribution is 0.0934.